The summed E-state index contributed by atoms with van der Waals surface area (Å²) >= 11 is 0. The van der Waals surface area contributed by atoms with Crippen LogP contribution < -0.4 is 4.72 Å². The zero-order valence-electron chi connectivity index (χ0n) is 18.1. The first-order chi connectivity index (χ1) is 14.4. The number of aryl methyl sites for hydroxylation is 1. The quantitative estimate of drug-likeness (QED) is 0.404. The molecular weight excluding hydrogens is 396 g/mol. The summed E-state index contributed by atoms with van der Waals surface area (Å²) in [5, 5.41) is 0. The molecule has 1 N–H and O–H groups in total. The SMILES string of the molecule is CCCCCc1ccc(S(=O)(=O)NCCc2nc3cc(C(C)CC)ccc3o2)cc1. The Balaban J connectivity index is 1.58. The van der Waals surface area contributed by atoms with Crippen molar-refractivity contribution in [2.75, 3.05) is 6.54 Å². The molecule has 30 heavy (non-hydrogen) atoms. The first kappa shape index (κ1) is 22.5. The van der Waals surface area contributed by atoms with Crippen LogP contribution in [0.4, 0.5) is 0 Å². The van der Waals surface area contributed by atoms with Crippen LogP contribution in [-0.2, 0) is 22.9 Å². The Hall–Kier alpha value is -2.18. The molecule has 0 aliphatic heterocycles. The highest BCUT2D eigenvalue weighted by atomic mass is 32.2. The van der Waals surface area contributed by atoms with Crippen LogP contribution >= 0.6 is 0 Å². The molecule has 0 saturated carbocycles. The minimum atomic E-state index is -3.54. The Kier molecular flexibility index (Phi) is 7.67. The average molecular weight is 429 g/mol. The molecule has 162 valence electrons. The number of nitrogens with zero attached hydrogens (tertiary/aromatic N) is 1. The van der Waals surface area contributed by atoms with Gasteiger partial charge in [0.05, 0.1) is 4.90 Å². The number of fused-ring (bicyclic) bond motifs is 1. The normalized spacial score (nSPS) is 13.0. The second kappa shape index (κ2) is 10.2. The zero-order chi connectivity index (χ0) is 21.6. The van der Waals surface area contributed by atoms with Gasteiger partial charge in [-0.3, -0.25) is 0 Å². The maximum Gasteiger partial charge on any atom is 0.240 e. The number of unbranched alkanes of at least 4 members (excludes halogenated alkanes) is 2. The predicted molar refractivity (Wildman–Crippen MR) is 121 cm³/mol. The molecule has 0 saturated heterocycles. The monoisotopic (exact) mass is 428 g/mol. The molecule has 0 aliphatic rings. The van der Waals surface area contributed by atoms with Crippen molar-refractivity contribution in [3.63, 3.8) is 0 Å². The minimum Gasteiger partial charge on any atom is -0.441 e. The van der Waals surface area contributed by atoms with Gasteiger partial charge in [0.1, 0.15) is 5.52 Å². The Bertz CT molecular complexity index is 1060. The third-order valence-electron chi connectivity index (χ3n) is 5.57. The third kappa shape index (κ3) is 5.70. The van der Waals surface area contributed by atoms with Crippen LogP contribution in [0.25, 0.3) is 11.1 Å². The summed E-state index contributed by atoms with van der Waals surface area (Å²) in [4.78, 5) is 4.82. The van der Waals surface area contributed by atoms with Crippen molar-refractivity contribution in [3.8, 4) is 0 Å². The summed E-state index contributed by atoms with van der Waals surface area (Å²) in [6.45, 7) is 6.77. The van der Waals surface area contributed by atoms with Gasteiger partial charge in [0.2, 0.25) is 10.0 Å². The topological polar surface area (TPSA) is 72.2 Å². The van der Waals surface area contributed by atoms with Gasteiger partial charge in [-0.05, 0) is 60.6 Å². The van der Waals surface area contributed by atoms with Crippen molar-refractivity contribution in [2.24, 2.45) is 0 Å². The molecular formula is C24H32N2O3S. The lowest BCUT2D eigenvalue weighted by molar-refractivity contribution is 0.523. The van der Waals surface area contributed by atoms with Crippen molar-refractivity contribution in [2.45, 2.75) is 70.1 Å². The lowest BCUT2D eigenvalue weighted by atomic mass is 9.98. The van der Waals surface area contributed by atoms with E-state index in [4.69, 9.17) is 4.42 Å². The Morgan fingerprint density at radius 3 is 2.50 bits per heavy atom. The van der Waals surface area contributed by atoms with Crippen LogP contribution in [0.1, 0.15) is 69.4 Å². The van der Waals surface area contributed by atoms with Crippen molar-refractivity contribution < 1.29 is 12.8 Å². The Morgan fingerprint density at radius 1 is 1.03 bits per heavy atom. The molecule has 0 aliphatic carbocycles. The zero-order valence-corrected chi connectivity index (χ0v) is 19.0. The van der Waals surface area contributed by atoms with Crippen LogP contribution in [0, 0.1) is 0 Å². The summed E-state index contributed by atoms with van der Waals surface area (Å²) in [6.07, 6.45) is 5.95. The Morgan fingerprint density at radius 2 is 1.80 bits per heavy atom. The smallest absolute Gasteiger partial charge is 0.240 e. The predicted octanol–water partition coefficient (Wildman–Crippen LogP) is 5.60. The van der Waals surface area contributed by atoms with Crippen LogP contribution in [-0.4, -0.2) is 19.9 Å². The number of oxazole rings is 1. The molecule has 3 aromatic rings. The molecule has 5 nitrogen and oxygen atoms in total. The largest absolute Gasteiger partial charge is 0.441 e. The summed E-state index contributed by atoms with van der Waals surface area (Å²) in [5.41, 5.74) is 3.97. The number of aromatic nitrogens is 1. The number of benzene rings is 2. The number of nitrogens with one attached hydrogen (secondary N) is 1. The van der Waals surface area contributed by atoms with E-state index in [0.717, 1.165) is 30.4 Å². The van der Waals surface area contributed by atoms with Crippen molar-refractivity contribution in [1.82, 2.24) is 9.71 Å². The summed E-state index contributed by atoms with van der Waals surface area (Å²) < 4.78 is 33.5. The lowest BCUT2D eigenvalue weighted by Gasteiger charge is -2.07. The van der Waals surface area contributed by atoms with E-state index in [1.165, 1.54) is 24.0 Å². The fourth-order valence-corrected chi connectivity index (χ4v) is 4.46. The van der Waals surface area contributed by atoms with E-state index < -0.39 is 10.0 Å². The molecule has 1 heterocycles. The molecule has 0 radical (unpaired) electrons. The second-order valence-corrected chi connectivity index (χ2v) is 9.66. The highest BCUT2D eigenvalue weighted by molar-refractivity contribution is 7.89. The molecule has 3 rings (SSSR count). The fraction of sp³-hybridized carbons (Fsp3) is 0.458. The van der Waals surface area contributed by atoms with E-state index in [2.05, 4.69) is 42.6 Å². The van der Waals surface area contributed by atoms with E-state index in [1.807, 2.05) is 18.2 Å². The highest BCUT2D eigenvalue weighted by Gasteiger charge is 2.15. The van der Waals surface area contributed by atoms with Gasteiger partial charge in [-0.1, -0.05) is 51.8 Å². The van der Waals surface area contributed by atoms with Gasteiger partial charge < -0.3 is 4.42 Å². The van der Waals surface area contributed by atoms with E-state index in [9.17, 15) is 8.42 Å². The van der Waals surface area contributed by atoms with Crippen molar-refractivity contribution in [1.29, 1.82) is 0 Å². The van der Waals surface area contributed by atoms with Crippen molar-refractivity contribution in [3.05, 3.63) is 59.5 Å². The molecule has 6 heteroatoms. The molecule has 0 bridgehead atoms. The fourth-order valence-electron chi connectivity index (χ4n) is 3.43. The molecule has 1 atom stereocenters. The number of hydrogen-bond donors (Lipinski definition) is 1. The summed E-state index contributed by atoms with van der Waals surface area (Å²) in [5.74, 6) is 1.01. The van der Waals surface area contributed by atoms with Crippen LogP contribution in [0.3, 0.4) is 0 Å². The van der Waals surface area contributed by atoms with E-state index in [1.54, 1.807) is 12.1 Å². The maximum atomic E-state index is 12.6. The lowest BCUT2D eigenvalue weighted by Crippen LogP contribution is -2.26. The second-order valence-electron chi connectivity index (χ2n) is 7.89. The van der Waals surface area contributed by atoms with Crippen LogP contribution in [0.2, 0.25) is 0 Å². The Labute approximate surface area is 180 Å². The van der Waals surface area contributed by atoms with Gasteiger partial charge in [0.25, 0.3) is 0 Å². The molecule has 1 unspecified atom stereocenters. The van der Waals surface area contributed by atoms with Crippen LogP contribution in [0.5, 0.6) is 0 Å². The number of sulfonamides is 1. The summed E-state index contributed by atoms with van der Waals surface area (Å²) in [6, 6.07) is 13.2. The molecule has 2 aromatic carbocycles. The van der Waals surface area contributed by atoms with Gasteiger partial charge >= 0.3 is 0 Å². The number of rotatable bonds is 11. The third-order valence-corrected chi connectivity index (χ3v) is 7.05. The maximum absolute atomic E-state index is 12.6. The summed E-state index contributed by atoms with van der Waals surface area (Å²) in [7, 11) is -3.54. The molecule has 0 fully saturated rings. The van der Waals surface area contributed by atoms with Gasteiger partial charge in [0.15, 0.2) is 11.5 Å². The highest BCUT2D eigenvalue weighted by Crippen LogP contribution is 2.24. The van der Waals surface area contributed by atoms with E-state index in [0.29, 0.717) is 18.2 Å². The molecule has 1 aromatic heterocycles. The van der Waals surface area contributed by atoms with Gasteiger partial charge in [0, 0.05) is 13.0 Å². The van der Waals surface area contributed by atoms with E-state index >= 15 is 0 Å². The molecule has 0 spiro atoms. The van der Waals surface area contributed by atoms with Gasteiger partial charge in [-0.25, -0.2) is 18.1 Å². The average Bonchev–Trinajstić information content (AvgIpc) is 3.15. The first-order valence-corrected chi connectivity index (χ1v) is 12.4. The van der Waals surface area contributed by atoms with E-state index in [-0.39, 0.29) is 11.4 Å². The van der Waals surface area contributed by atoms with Crippen LogP contribution in [0.15, 0.2) is 51.8 Å². The standard InChI is InChI=1S/C24H32N2O3S/c1-4-6-7-8-19-9-12-21(13-10-19)30(27,28)25-16-15-24-26-22-17-20(18(3)5-2)11-14-23(22)29-24/h9-14,17-18,25H,4-8,15-16H2,1-3H3. The van der Waals surface area contributed by atoms with Gasteiger partial charge in [-0.15, -0.1) is 0 Å². The first-order valence-electron chi connectivity index (χ1n) is 10.9. The minimum absolute atomic E-state index is 0.242. The number of hydrogen-bond acceptors (Lipinski definition) is 4. The van der Waals surface area contributed by atoms with Gasteiger partial charge in [-0.2, -0.15) is 0 Å². The molecule has 0 amide bonds. The van der Waals surface area contributed by atoms with Crippen molar-refractivity contribution >= 4 is 21.1 Å².